The summed E-state index contributed by atoms with van der Waals surface area (Å²) in [4.78, 5) is 35.8. The van der Waals surface area contributed by atoms with E-state index < -0.39 is 29.1 Å². The molecule has 0 aromatic rings. The van der Waals surface area contributed by atoms with E-state index in [1.807, 2.05) is 6.92 Å². The number of carbonyl (C=O) groups is 3. The van der Waals surface area contributed by atoms with Crippen LogP contribution in [0.3, 0.4) is 0 Å². The van der Waals surface area contributed by atoms with E-state index in [1.54, 1.807) is 0 Å². The van der Waals surface area contributed by atoms with Gasteiger partial charge in [0.1, 0.15) is 6.10 Å². The van der Waals surface area contributed by atoms with Crippen molar-refractivity contribution >= 4 is 17.7 Å². The zero-order valence-corrected chi connectivity index (χ0v) is 19.7. The first-order valence-electron chi connectivity index (χ1n) is 12.0. The van der Waals surface area contributed by atoms with Gasteiger partial charge in [-0.25, -0.2) is 0 Å². The van der Waals surface area contributed by atoms with Crippen LogP contribution >= 0.6 is 0 Å². The molecule has 0 aromatic heterocycles. The van der Waals surface area contributed by atoms with Crippen molar-refractivity contribution in [1.29, 1.82) is 0 Å². The highest BCUT2D eigenvalue weighted by Gasteiger charge is 2.62. The number of hydrogen-bond donors (Lipinski definition) is 0. The largest absolute Gasteiger partial charge is 0.462 e. The lowest BCUT2D eigenvalue weighted by atomic mass is 9.44. The second-order valence-corrected chi connectivity index (χ2v) is 11.1. The zero-order valence-electron chi connectivity index (χ0n) is 19.7. The maximum atomic E-state index is 13.8. The Kier molecular flexibility index (Phi) is 5.97. The number of alkyl halides is 3. The third-order valence-corrected chi connectivity index (χ3v) is 9.39. The Hall–Kier alpha value is -1.86. The molecule has 8 heteroatoms. The van der Waals surface area contributed by atoms with Gasteiger partial charge in [0.25, 0.3) is 0 Å². The summed E-state index contributed by atoms with van der Waals surface area (Å²) in [5.74, 6) is -2.46. The average molecular weight is 471 g/mol. The zero-order chi connectivity index (χ0) is 24.3. The number of esters is 2. The molecular weight excluding hydrogens is 437 g/mol. The van der Waals surface area contributed by atoms with Crippen molar-refractivity contribution in [3.63, 3.8) is 0 Å². The van der Waals surface area contributed by atoms with Gasteiger partial charge in [-0.05, 0) is 74.0 Å². The molecule has 0 heterocycles. The Balaban J connectivity index is 1.67. The van der Waals surface area contributed by atoms with Crippen LogP contribution in [0.15, 0.2) is 11.3 Å². The van der Waals surface area contributed by atoms with Gasteiger partial charge in [0.15, 0.2) is 5.78 Å². The smallest absolute Gasteiger partial charge is 0.450 e. The molecule has 4 fully saturated rings. The summed E-state index contributed by atoms with van der Waals surface area (Å²) in [5, 5.41) is 0. The summed E-state index contributed by atoms with van der Waals surface area (Å²) in [6.45, 7) is 6.58. The molecule has 0 radical (unpaired) electrons. The minimum absolute atomic E-state index is 0.0173. The molecule has 7 atom stereocenters. The molecule has 184 valence electrons. The summed E-state index contributed by atoms with van der Waals surface area (Å²) in [7, 11) is 0. The highest BCUT2D eigenvalue weighted by molar-refractivity contribution is 5.97. The Labute approximate surface area is 192 Å². The van der Waals surface area contributed by atoms with Crippen LogP contribution in [0.1, 0.15) is 79.1 Å². The van der Waals surface area contributed by atoms with Crippen molar-refractivity contribution in [2.24, 2.45) is 34.5 Å². The Morgan fingerprint density at radius 3 is 2.21 bits per heavy atom. The van der Waals surface area contributed by atoms with Crippen molar-refractivity contribution in [2.45, 2.75) is 91.3 Å². The SMILES string of the molecule is CC(=O)O/C(=C1/CC2(C)C(CCC3C2CCC2(C)C(OC(C)=O)CCC32)CC1=O)C(F)(F)F. The first kappa shape index (κ1) is 24.3. The van der Waals surface area contributed by atoms with Gasteiger partial charge in [0, 0.05) is 31.3 Å². The lowest BCUT2D eigenvalue weighted by molar-refractivity contribution is -0.163. The second-order valence-electron chi connectivity index (χ2n) is 11.1. The normalized spacial score (nSPS) is 42.0. The maximum absolute atomic E-state index is 13.8. The summed E-state index contributed by atoms with van der Waals surface area (Å²) < 4.78 is 51.5. The van der Waals surface area contributed by atoms with Crippen molar-refractivity contribution in [3.05, 3.63) is 11.3 Å². The number of allylic oxidation sites excluding steroid dienone is 2. The summed E-state index contributed by atoms with van der Waals surface area (Å²) in [6.07, 6.45) is 0.220. The van der Waals surface area contributed by atoms with Crippen LogP contribution in [0.5, 0.6) is 0 Å². The van der Waals surface area contributed by atoms with E-state index in [2.05, 4.69) is 11.7 Å². The van der Waals surface area contributed by atoms with Gasteiger partial charge in [-0.1, -0.05) is 13.8 Å². The molecule has 4 aliphatic rings. The molecule has 4 saturated carbocycles. The Morgan fingerprint density at radius 2 is 1.61 bits per heavy atom. The Morgan fingerprint density at radius 1 is 0.939 bits per heavy atom. The molecule has 0 spiro atoms. The van der Waals surface area contributed by atoms with Crippen LogP contribution in [0.2, 0.25) is 0 Å². The van der Waals surface area contributed by atoms with Gasteiger partial charge in [0.2, 0.25) is 5.76 Å². The molecule has 5 nitrogen and oxygen atoms in total. The van der Waals surface area contributed by atoms with E-state index in [-0.39, 0.29) is 47.7 Å². The molecule has 0 aliphatic heterocycles. The van der Waals surface area contributed by atoms with E-state index in [4.69, 9.17) is 4.74 Å². The topological polar surface area (TPSA) is 69.7 Å². The second kappa shape index (κ2) is 8.12. The third kappa shape index (κ3) is 4.01. The predicted molar refractivity (Wildman–Crippen MR) is 113 cm³/mol. The summed E-state index contributed by atoms with van der Waals surface area (Å²) in [5.41, 5.74) is -0.966. The van der Waals surface area contributed by atoms with Crippen LogP contribution < -0.4 is 0 Å². The van der Waals surface area contributed by atoms with Gasteiger partial charge >= 0.3 is 18.1 Å². The molecule has 0 bridgehead atoms. The monoisotopic (exact) mass is 470 g/mol. The first-order valence-corrected chi connectivity index (χ1v) is 12.0. The van der Waals surface area contributed by atoms with E-state index in [9.17, 15) is 27.6 Å². The fourth-order valence-electron chi connectivity index (χ4n) is 7.96. The fourth-order valence-corrected chi connectivity index (χ4v) is 7.96. The average Bonchev–Trinajstić information content (AvgIpc) is 3.01. The Bertz CT molecular complexity index is 893. The molecule has 0 N–H and O–H groups in total. The highest BCUT2D eigenvalue weighted by Crippen LogP contribution is 2.67. The number of Topliss-reactive ketones (excluding diaryl/α,β-unsaturated/α-hetero) is 1. The molecule has 4 rings (SSSR count). The lowest BCUT2D eigenvalue weighted by Crippen LogP contribution is -2.55. The molecule has 33 heavy (non-hydrogen) atoms. The van der Waals surface area contributed by atoms with E-state index in [0.29, 0.717) is 11.8 Å². The number of rotatable bonds is 2. The number of ether oxygens (including phenoxy) is 2. The summed E-state index contributed by atoms with van der Waals surface area (Å²) in [6, 6.07) is 0. The maximum Gasteiger partial charge on any atom is 0.450 e. The molecule has 0 saturated heterocycles. The number of fused-ring (bicyclic) bond motifs is 5. The minimum atomic E-state index is -4.90. The van der Waals surface area contributed by atoms with Crippen molar-refractivity contribution in [3.8, 4) is 0 Å². The highest BCUT2D eigenvalue weighted by atomic mass is 19.4. The number of ketones is 1. The quantitative estimate of drug-likeness (QED) is 0.302. The van der Waals surface area contributed by atoms with E-state index in [0.717, 1.165) is 45.4 Å². The van der Waals surface area contributed by atoms with Crippen molar-refractivity contribution in [2.75, 3.05) is 0 Å². The predicted octanol–water partition coefficient (Wildman–Crippen LogP) is 5.52. The van der Waals surface area contributed by atoms with Crippen LogP contribution in [-0.4, -0.2) is 30.0 Å². The fraction of sp³-hybridized carbons (Fsp3) is 0.800. The van der Waals surface area contributed by atoms with Crippen molar-refractivity contribution < 1.29 is 37.0 Å². The van der Waals surface area contributed by atoms with Gasteiger partial charge in [-0.2, -0.15) is 13.2 Å². The van der Waals surface area contributed by atoms with E-state index in [1.165, 1.54) is 6.92 Å². The van der Waals surface area contributed by atoms with E-state index >= 15 is 0 Å². The molecule has 0 amide bonds. The van der Waals surface area contributed by atoms with Crippen LogP contribution in [0.4, 0.5) is 13.2 Å². The van der Waals surface area contributed by atoms with Gasteiger partial charge < -0.3 is 9.47 Å². The van der Waals surface area contributed by atoms with Gasteiger partial charge in [-0.15, -0.1) is 0 Å². The van der Waals surface area contributed by atoms with Crippen molar-refractivity contribution in [1.82, 2.24) is 0 Å². The third-order valence-electron chi connectivity index (χ3n) is 9.39. The number of hydrogen-bond acceptors (Lipinski definition) is 5. The number of carbonyl (C=O) groups excluding carboxylic acids is 3. The van der Waals surface area contributed by atoms with Gasteiger partial charge in [-0.3, -0.25) is 14.4 Å². The minimum Gasteiger partial charge on any atom is -0.462 e. The molecule has 0 aromatic carbocycles. The van der Waals surface area contributed by atoms with Crippen LogP contribution in [-0.2, 0) is 23.9 Å². The molecular formula is C25H33F3O5. The summed E-state index contributed by atoms with van der Waals surface area (Å²) >= 11 is 0. The molecule has 4 aliphatic carbocycles. The standard InChI is InChI=1S/C25H33F3O5/c1-13(29)32-21-8-7-18-16-6-5-15-11-20(31)17(22(25(26,27)28)33-14(2)30)12-24(15,4)19(16)9-10-23(18,21)3/h15-16,18-19,21H,5-12H2,1-4H3/b22-17-. The van der Waals surface area contributed by atoms with Crippen LogP contribution in [0.25, 0.3) is 0 Å². The first-order chi connectivity index (χ1) is 15.3. The molecule has 7 unspecified atom stereocenters. The van der Waals surface area contributed by atoms with Crippen LogP contribution in [0, 0.1) is 34.5 Å². The van der Waals surface area contributed by atoms with Gasteiger partial charge in [0.05, 0.1) is 0 Å². The lowest BCUT2D eigenvalue weighted by Gasteiger charge is -2.60. The number of halogens is 3.